The number of benzene rings is 2. The first kappa shape index (κ1) is 13.0. The quantitative estimate of drug-likeness (QED) is 0.543. The summed E-state index contributed by atoms with van der Waals surface area (Å²) in [6, 6.07) is 19.1. The van der Waals surface area contributed by atoms with E-state index in [0.717, 1.165) is 10.9 Å². The normalized spacial score (nSPS) is 11.0. The van der Waals surface area contributed by atoms with Crippen molar-refractivity contribution in [2.75, 3.05) is 0 Å². The summed E-state index contributed by atoms with van der Waals surface area (Å²) in [4.78, 5) is 4.55. The smallest absolute Gasteiger partial charge is 0.266 e. The molecule has 2 aromatic carbocycles. The maximum atomic E-state index is 6.15. The van der Waals surface area contributed by atoms with Gasteiger partial charge in [0.2, 0.25) is 5.89 Å². The van der Waals surface area contributed by atoms with Gasteiger partial charge in [-0.3, -0.25) is 0 Å². The number of aromatic nitrogens is 3. The first-order valence-electron chi connectivity index (χ1n) is 6.76. The molecule has 4 aromatic rings. The van der Waals surface area contributed by atoms with Gasteiger partial charge in [-0.1, -0.05) is 48.0 Å². The fourth-order valence-corrected chi connectivity index (χ4v) is 2.47. The Morgan fingerprint density at radius 1 is 0.773 bits per heavy atom. The van der Waals surface area contributed by atoms with Crippen molar-refractivity contribution in [3.05, 3.63) is 65.7 Å². The van der Waals surface area contributed by atoms with Gasteiger partial charge in [0.25, 0.3) is 5.89 Å². The Kier molecular flexibility index (Phi) is 3.09. The van der Waals surface area contributed by atoms with E-state index >= 15 is 0 Å². The maximum Gasteiger partial charge on any atom is 0.266 e. The third kappa shape index (κ3) is 2.23. The molecule has 106 valence electrons. The van der Waals surface area contributed by atoms with Gasteiger partial charge in [-0.25, -0.2) is 4.98 Å². The lowest BCUT2D eigenvalue weighted by Crippen LogP contribution is -1.84. The average molecular weight is 308 g/mol. The highest BCUT2D eigenvalue weighted by molar-refractivity contribution is 6.33. The van der Waals surface area contributed by atoms with E-state index in [1.807, 2.05) is 54.6 Å². The first-order chi connectivity index (χ1) is 10.8. The summed E-state index contributed by atoms with van der Waals surface area (Å²) in [6.07, 6.45) is 0. The topological polar surface area (TPSA) is 51.8 Å². The summed E-state index contributed by atoms with van der Waals surface area (Å²) in [5.74, 6) is 0.760. The predicted molar refractivity (Wildman–Crippen MR) is 85.5 cm³/mol. The summed E-state index contributed by atoms with van der Waals surface area (Å²) < 4.78 is 5.72. The van der Waals surface area contributed by atoms with Gasteiger partial charge >= 0.3 is 0 Å². The van der Waals surface area contributed by atoms with E-state index in [-0.39, 0.29) is 0 Å². The van der Waals surface area contributed by atoms with Gasteiger partial charge in [0.05, 0.1) is 16.1 Å². The molecule has 0 aliphatic rings. The van der Waals surface area contributed by atoms with Gasteiger partial charge in [0.1, 0.15) is 5.69 Å². The Morgan fingerprint density at radius 2 is 1.55 bits per heavy atom. The van der Waals surface area contributed by atoms with Crippen molar-refractivity contribution in [1.29, 1.82) is 0 Å². The second-order valence-electron chi connectivity index (χ2n) is 4.78. The summed E-state index contributed by atoms with van der Waals surface area (Å²) in [7, 11) is 0. The van der Waals surface area contributed by atoms with Gasteiger partial charge in [-0.05, 0) is 24.3 Å². The fourth-order valence-electron chi connectivity index (χ4n) is 2.26. The molecular formula is C17H10ClN3O. The molecule has 0 atom stereocenters. The SMILES string of the molecule is Clc1ccccc1-c1nnc(-c2ccc3ccccc3n2)o1. The van der Waals surface area contributed by atoms with Gasteiger partial charge in [0.15, 0.2) is 0 Å². The first-order valence-corrected chi connectivity index (χ1v) is 7.14. The fraction of sp³-hybridized carbons (Fsp3) is 0. The van der Waals surface area contributed by atoms with Crippen LogP contribution < -0.4 is 0 Å². The Bertz CT molecular complexity index is 965. The summed E-state index contributed by atoms with van der Waals surface area (Å²) in [6.45, 7) is 0. The highest BCUT2D eigenvalue weighted by Gasteiger charge is 2.13. The van der Waals surface area contributed by atoms with Crippen LogP contribution >= 0.6 is 11.6 Å². The van der Waals surface area contributed by atoms with E-state index in [4.69, 9.17) is 16.0 Å². The molecule has 0 aliphatic heterocycles. The second-order valence-corrected chi connectivity index (χ2v) is 5.19. The van der Waals surface area contributed by atoms with Gasteiger partial charge in [-0.2, -0.15) is 0 Å². The van der Waals surface area contributed by atoms with Crippen molar-refractivity contribution in [2.24, 2.45) is 0 Å². The van der Waals surface area contributed by atoms with Crippen LogP contribution in [-0.4, -0.2) is 15.2 Å². The molecule has 0 unspecified atom stereocenters. The van der Waals surface area contributed by atoms with E-state index in [2.05, 4.69) is 15.2 Å². The van der Waals surface area contributed by atoms with Crippen LogP contribution in [0.15, 0.2) is 65.1 Å². The molecule has 2 aromatic heterocycles. The average Bonchev–Trinajstić information content (AvgIpc) is 3.04. The molecule has 0 aliphatic carbocycles. The van der Waals surface area contributed by atoms with E-state index in [0.29, 0.717) is 28.1 Å². The minimum atomic E-state index is 0.376. The van der Waals surface area contributed by atoms with Crippen LogP contribution in [0.2, 0.25) is 5.02 Å². The third-order valence-electron chi connectivity index (χ3n) is 3.35. The van der Waals surface area contributed by atoms with E-state index < -0.39 is 0 Å². The number of para-hydroxylation sites is 1. The minimum Gasteiger partial charge on any atom is -0.415 e. The van der Waals surface area contributed by atoms with Crippen molar-refractivity contribution in [3.8, 4) is 23.0 Å². The summed E-state index contributed by atoms with van der Waals surface area (Å²) in [5, 5.41) is 9.78. The van der Waals surface area contributed by atoms with Crippen molar-refractivity contribution in [3.63, 3.8) is 0 Å². The van der Waals surface area contributed by atoms with Crippen LogP contribution in [0.1, 0.15) is 0 Å². The minimum absolute atomic E-state index is 0.376. The summed E-state index contributed by atoms with van der Waals surface area (Å²) >= 11 is 6.15. The van der Waals surface area contributed by atoms with E-state index in [9.17, 15) is 0 Å². The number of halogens is 1. The third-order valence-corrected chi connectivity index (χ3v) is 3.68. The molecule has 0 N–H and O–H groups in total. The molecule has 0 radical (unpaired) electrons. The largest absolute Gasteiger partial charge is 0.415 e. The van der Waals surface area contributed by atoms with Crippen LogP contribution in [0.3, 0.4) is 0 Å². The Balaban J connectivity index is 1.78. The van der Waals surface area contributed by atoms with Gasteiger partial charge in [0, 0.05) is 5.39 Å². The summed E-state index contributed by atoms with van der Waals surface area (Å²) in [5.41, 5.74) is 2.24. The molecule has 22 heavy (non-hydrogen) atoms. The van der Waals surface area contributed by atoms with Crippen LogP contribution in [0, 0.1) is 0 Å². The Morgan fingerprint density at radius 3 is 2.45 bits per heavy atom. The van der Waals surface area contributed by atoms with Crippen LogP contribution in [0.5, 0.6) is 0 Å². The lowest BCUT2D eigenvalue weighted by molar-refractivity contribution is 0.582. The molecule has 0 amide bonds. The number of hydrogen-bond acceptors (Lipinski definition) is 4. The van der Waals surface area contributed by atoms with Crippen LogP contribution in [0.4, 0.5) is 0 Å². The lowest BCUT2D eigenvalue weighted by atomic mass is 10.2. The number of pyridine rings is 1. The lowest BCUT2D eigenvalue weighted by Gasteiger charge is -1.99. The monoisotopic (exact) mass is 307 g/mol. The molecular weight excluding hydrogens is 298 g/mol. The Hall–Kier alpha value is -2.72. The second kappa shape index (κ2) is 5.24. The van der Waals surface area contributed by atoms with E-state index in [1.165, 1.54) is 0 Å². The molecule has 0 saturated carbocycles. The van der Waals surface area contributed by atoms with E-state index in [1.54, 1.807) is 6.07 Å². The molecule has 0 saturated heterocycles. The number of rotatable bonds is 2. The zero-order valence-corrected chi connectivity index (χ0v) is 12.2. The molecule has 0 fully saturated rings. The van der Waals surface area contributed by atoms with Gasteiger partial charge in [-0.15, -0.1) is 10.2 Å². The van der Waals surface area contributed by atoms with Crippen molar-refractivity contribution in [2.45, 2.75) is 0 Å². The van der Waals surface area contributed by atoms with Gasteiger partial charge < -0.3 is 4.42 Å². The molecule has 5 heteroatoms. The number of nitrogens with zero attached hydrogens (tertiary/aromatic N) is 3. The standard InChI is InChI=1S/C17H10ClN3O/c18-13-7-3-2-6-12(13)16-20-21-17(22-16)15-10-9-11-5-1-4-8-14(11)19-15/h1-10H. The van der Waals surface area contributed by atoms with Crippen molar-refractivity contribution < 1.29 is 4.42 Å². The highest BCUT2D eigenvalue weighted by atomic mass is 35.5. The number of fused-ring (bicyclic) bond motifs is 1. The van der Waals surface area contributed by atoms with Crippen LogP contribution in [-0.2, 0) is 0 Å². The Labute approximate surface area is 131 Å². The maximum absolute atomic E-state index is 6.15. The van der Waals surface area contributed by atoms with Crippen molar-refractivity contribution in [1.82, 2.24) is 15.2 Å². The highest BCUT2D eigenvalue weighted by Crippen LogP contribution is 2.28. The zero-order valence-electron chi connectivity index (χ0n) is 11.4. The zero-order chi connectivity index (χ0) is 14.9. The van der Waals surface area contributed by atoms with Crippen LogP contribution in [0.25, 0.3) is 33.9 Å². The molecule has 0 bridgehead atoms. The number of hydrogen-bond donors (Lipinski definition) is 0. The molecule has 0 spiro atoms. The van der Waals surface area contributed by atoms with Crippen molar-refractivity contribution >= 4 is 22.5 Å². The predicted octanol–water partition coefficient (Wildman–Crippen LogP) is 4.61. The molecule has 4 rings (SSSR count). The molecule has 4 nitrogen and oxygen atoms in total. The molecule has 2 heterocycles.